The first kappa shape index (κ1) is 33.7. The van der Waals surface area contributed by atoms with Gasteiger partial charge in [-0.2, -0.15) is 0 Å². The van der Waals surface area contributed by atoms with Crippen LogP contribution < -0.4 is 10.6 Å². The summed E-state index contributed by atoms with van der Waals surface area (Å²) in [6.07, 6.45) is 19.8. The SMILES string of the molecule is CCC1(/C=C2\OC(=O)C3=C2CC[C@H]2[C@@H]4CC[C@@]5(C6=C4[C@@H](CCCO)C4=CCNC(=C4)NCSS[C@@H](O)[C@H](C)C/C=C/5OC6=O)[C@@H]32)CCCC1. The predicted octanol–water partition coefficient (Wildman–Crippen LogP) is 6.91. The molecule has 2 saturated carbocycles. The summed E-state index contributed by atoms with van der Waals surface area (Å²) in [5.41, 5.74) is 3.65. The van der Waals surface area contributed by atoms with E-state index in [4.69, 9.17) is 9.47 Å². The van der Waals surface area contributed by atoms with Crippen molar-refractivity contribution in [1.29, 1.82) is 0 Å². The number of allylic oxidation sites excluding steroid dienone is 7. The van der Waals surface area contributed by atoms with Gasteiger partial charge in [0.2, 0.25) is 0 Å². The first-order valence-electron chi connectivity index (χ1n) is 18.6. The molecule has 3 fully saturated rings. The van der Waals surface area contributed by atoms with Gasteiger partial charge in [0.05, 0.1) is 22.7 Å². The highest BCUT2D eigenvalue weighted by Gasteiger charge is 2.69. The second-order valence-electron chi connectivity index (χ2n) is 15.5. The average molecular weight is 707 g/mol. The minimum Gasteiger partial charge on any atom is -0.427 e. The lowest BCUT2D eigenvalue weighted by Gasteiger charge is -2.57. The van der Waals surface area contributed by atoms with Crippen molar-refractivity contribution in [2.24, 2.45) is 40.4 Å². The van der Waals surface area contributed by atoms with Crippen molar-refractivity contribution in [3.05, 3.63) is 69.5 Å². The van der Waals surface area contributed by atoms with E-state index in [0.29, 0.717) is 31.0 Å². The van der Waals surface area contributed by atoms with Gasteiger partial charge in [-0.1, -0.05) is 54.4 Å². The third-order valence-corrected chi connectivity index (χ3v) is 15.6. The summed E-state index contributed by atoms with van der Waals surface area (Å²) in [5, 5.41) is 28.1. The van der Waals surface area contributed by atoms with Crippen LogP contribution in [-0.4, -0.2) is 46.6 Å². The molecule has 0 unspecified atom stereocenters. The van der Waals surface area contributed by atoms with Crippen molar-refractivity contribution in [1.82, 2.24) is 10.6 Å². The molecule has 49 heavy (non-hydrogen) atoms. The van der Waals surface area contributed by atoms with E-state index in [-0.39, 0.29) is 53.6 Å². The molecule has 5 aliphatic carbocycles. The molecule has 0 aromatic rings. The maximum Gasteiger partial charge on any atom is 0.340 e. The van der Waals surface area contributed by atoms with Crippen LogP contribution in [0, 0.1) is 40.4 Å². The smallest absolute Gasteiger partial charge is 0.340 e. The van der Waals surface area contributed by atoms with E-state index in [0.717, 1.165) is 85.2 Å². The Morgan fingerprint density at radius 3 is 2.71 bits per heavy atom. The van der Waals surface area contributed by atoms with Gasteiger partial charge in [-0.3, -0.25) is 0 Å². The standard InChI is InChI=1S/C39H50N2O6S2/c1-3-38(14-4-5-15-38)20-28-27-10-9-26-25-12-16-39(33(26)32(27)35(43)46-28)29-11-8-22(2)37(45)49-48-21-41-30-19-23(13-17-40-30)24(7-6-18-42)31(25)34(39)36(44)47-29/h11,13,19-20,22,24-26,33,37,40-42,45H,3-10,12,14-18,21H2,1-2H3/b28-20-,29-11-/t22-,24+,25+,26+,33-,37-,39+/m1/s1. The van der Waals surface area contributed by atoms with Crippen LogP contribution >= 0.6 is 21.6 Å². The summed E-state index contributed by atoms with van der Waals surface area (Å²) in [4.78, 5) is 28.6. The molecule has 4 aliphatic heterocycles. The molecule has 9 aliphatic rings. The third kappa shape index (κ3) is 5.49. The molecule has 0 aromatic carbocycles. The molecular formula is C39H50N2O6S2. The quantitative estimate of drug-likeness (QED) is 0.178. The lowest BCUT2D eigenvalue weighted by molar-refractivity contribution is -0.135. The summed E-state index contributed by atoms with van der Waals surface area (Å²) in [6.45, 7) is 5.04. The summed E-state index contributed by atoms with van der Waals surface area (Å²) in [6, 6.07) is 0. The van der Waals surface area contributed by atoms with Crippen LogP contribution in [-0.2, 0) is 19.1 Å². The van der Waals surface area contributed by atoms with Gasteiger partial charge in [0.15, 0.2) is 0 Å². The lowest BCUT2D eigenvalue weighted by Crippen LogP contribution is -2.53. The minimum absolute atomic E-state index is 0.0394. The van der Waals surface area contributed by atoms with Gasteiger partial charge in [0.25, 0.3) is 0 Å². The highest BCUT2D eigenvalue weighted by atomic mass is 33.1. The van der Waals surface area contributed by atoms with Crippen molar-refractivity contribution in [3.63, 3.8) is 0 Å². The van der Waals surface area contributed by atoms with E-state index in [1.807, 2.05) is 6.92 Å². The Bertz CT molecular complexity index is 1600. The van der Waals surface area contributed by atoms with E-state index in [1.165, 1.54) is 29.2 Å². The zero-order valence-electron chi connectivity index (χ0n) is 28.7. The highest BCUT2D eigenvalue weighted by Crippen LogP contribution is 2.71. The predicted molar refractivity (Wildman–Crippen MR) is 192 cm³/mol. The van der Waals surface area contributed by atoms with E-state index < -0.39 is 10.9 Å². The van der Waals surface area contributed by atoms with Gasteiger partial charge in [-0.15, -0.1) is 0 Å². The molecule has 10 heteroatoms. The van der Waals surface area contributed by atoms with Crippen molar-refractivity contribution >= 4 is 33.5 Å². The van der Waals surface area contributed by atoms with Gasteiger partial charge in [0, 0.05) is 36.1 Å². The van der Waals surface area contributed by atoms with E-state index >= 15 is 0 Å². The second-order valence-corrected chi connectivity index (χ2v) is 18.0. The van der Waals surface area contributed by atoms with E-state index in [1.54, 1.807) is 10.8 Å². The molecule has 0 amide bonds. The molecule has 9 rings (SSSR count). The maximum atomic E-state index is 14.4. The van der Waals surface area contributed by atoms with E-state index in [2.05, 4.69) is 41.9 Å². The Balaban J connectivity index is 1.32. The van der Waals surface area contributed by atoms with Crippen LogP contribution in [0.3, 0.4) is 0 Å². The average Bonchev–Trinajstić information content (AvgIpc) is 3.80. The van der Waals surface area contributed by atoms with Gasteiger partial charge in [-0.25, -0.2) is 9.59 Å². The molecule has 4 N–H and O–H groups in total. The van der Waals surface area contributed by atoms with Crippen LogP contribution in [0.2, 0.25) is 0 Å². The fourth-order valence-electron chi connectivity index (χ4n) is 10.7. The van der Waals surface area contributed by atoms with E-state index in [9.17, 15) is 19.8 Å². The van der Waals surface area contributed by atoms with Crippen molar-refractivity contribution in [3.8, 4) is 0 Å². The van der Waals surface area contributed by atoms with Gasteiger partial charge < -0.3 is 30.3 Å². The summed E-state index contributed by atoms with van der Waals surface area (Å²) < 4.78 is 12.6. The largest absolute Gasteiger partial charge is 0.427 e. The molecule has 264 valence electrons. The number of fused-ring (bicyclic) bond motifs is 2. The molecule has 1 saturated heterocycles. The normalized spacial score (nSPS) is 38.5. The first-order chi connectivity index (χ1) is 23.8. The van der Waals surface area contributed by atoms with Crippen LogP contribution in [0.25, 0.3) is 0 Å². The number of aliphatic hydroxyl groups is 2. The Hall–Kier alpha value is -2.40. The second kappa shape index (κ2) is 13.3. The third-order valence-electron chi connectivity index (χ3n) is 13.2. The van der Waals surface area contributed by atoms with Crippen molar-refractivity contribution < 1.29 is 29.3 Å². The van der Waals surface area contributed by atoms with Crippen LogP contribution in [0.15, 0.2) is 69.5 Å². The number of rotatable bonds is 5. The maximum absolute atomic E-state index is 14.4. The molecule has 1 spiro atoms. The van der Waals surface area contributed by atoms with Crippen LogP contribution in [0.1, 0.15) is 90.9 Å². The number of aliphatic hydroxyl groups excluding tert-OH is 2. The number of esters is 2. The first-order valence-corrected chi connectivity index (χ1v) is 21.0. The highest BCUT2D eigenvalue weighted by molar-refractivity contribution is 8.76. The van der Waals surface area contributed by atoms with Crippen LogP contribution in [0.5, 0.6) is 0 Å². The fourth-order valence-corrected chi connectivity index (χ4v) is 12.8. The van der Waals surface area contributed by atoms with Crippen LogP contribution in [0.4, 0.5) is 0 Å². The molecule has 4 heterocycles. The molecule has 7 atom stereocenters. The molecule has 7 bridgehead atoms. The number of dihydropyridines is 1. The fraction of sp³-hybridized carbons (Fsp3) is 0.641. The Kier molecular flexibility index (Phi) is 9.15. The number of hydrogen-bond acceptors (Lipinski definition) is 10. The Morgan fingerprint density at radius 2 is 1.92 bits per heavy atom. The van der Waals surface area contributed by atoms with Gasteiger partial charge >= 0.3 is 11.9 Å². The summed E-state index contributed by atoms with van der Waals surface area (Å²) in [7, 11) is 3.04. The topological polar surface area (TPSA) is 117 Å². The van der Waals surface area contributed by atoms with Crippen molar-refractivity contribution in [2.45, 2.75) is 96.3 Å². The number of ether oxygens (including phenoxy) is 2. The zero-order valence-corrected chi connectivity index (χ0v) is 30.4. The Morgan fingerprint density at radius 1 is 1.08 bits per heavy atom. The number of carbonyl (C=O) groups is 2. The number of cyclic esters (lactones) is 1. The number of hydrogen-bond donors (Lipinski definition) is 4. The van der Waals surface area contributed by atoms with Gasteiger partial charge in [-0.05, 0) is 117 Å². The molecule has 8 nitrogen and oxygen atoms in total. The number of carbonyl (C=O) groups excluding carboxylic acids is 2. The molecule has 0 radical (unpaired) electrons. The summed E-state index contributed by atoms with van der Waals surface area (Å²) >= 11 is 0. The minimum atomic E-state index is -0.753. The lowest BCUT2D eigenvalue weighted by atomic mass is 9.43. The Labute approximate surface area is 297 Å². The van der Waals surface area contributed by atoms with Crippen molar-refractivity contribution in [2.75, 3.05) is 19.0 Å². The molecule has 0 aromatic heterocycles. The van der Waals surface area contributed by atoms with Gasteiger partial charge in [0.1, 0.15) is 17.0 Å². The molecular weight excluding hydrogens is 657 g/mol. The zero-order chi connectivity index (χ0) is 33.9. The number of nitrogens with one attached hydrogen (secondary N) is 2. The summed E-state index contributed by atoms with van der Waals surface area (Å²) in [5.74, 6) is 2.49. The monoisotopic (exact) mass is 706 g/mol.